The molecular formula is C23H31F3N4O. The van der Waals surface area contributed by atoms with Crippen LogP contribution in [-0.2, 0) is 11.0 Å². The third-order valence-electron chi connectivity index (χ3n) is 6.96. The van der Waals surface area contributed by atoms with Crippen molar-refractivity contribution in [3.63, 3.8) is 0 Å². The lowest BCUT2D eigenvalue weighted by atomic mass is 9.97. The molecule has 2 atom stereocenters. The van der Waals surface area contributed by atoms with Crippen molar-refractivity contribution in [2.75, 3.05) is 19.6 Å². The number of carbonyl (C=O) groups is 1. The van der Waals surface area contributed by atoms with Gasteiger partial charge in [0, 0.05) is 31.2 Å². The number of piperidine rings is 2. The lowest BCUT2D eigenvalue weighted by Gasteiger charge is -2.41. The molecule has 0 spiro atoms. The number of hydrogen-bond acceptors (Lipinski definition) is 3. The van der Waals surface area contributed by atoms with Gasteiger partial charge >= 0.3 is 6.18 Å². The van der Waals surface area contributed by atoms with Gasteiger partial charge in [0.15, 0.2) is 0 Å². The molecule has 0 radical (unpaired) electrons. The van der Waals surface area contributed by atoms with Crippen molar-refractivity contribution >= 4 is 16.9 Å². The van der Waals surface area contributed by atoms with E-state index >= 15 is 0 Å². The molecule has 0 saturated carbocycles. The summed E-state index contributed by atoms with van der Waals surface area (Å²) in [7, 11) is 0. The van der Waals surface area contributed by atoms with Crippen LogP contribution in [0.4, 0.5) is 13.2 Å². The zero-order chi connectivity index (χ0) is 22.3. The molecule has 31 heavy (non-hydrogen) atoms. The summed E-state index contributed by atoms with van der Waals surface area (Å²) in [5.41, 5.74) is 0.466. The summed E-state index contributed by atoms with van der Waals surface area (Å²) in [6, 6.07) is 4.58. The standard InChI is InChI=1S/C23H31F3N4O/c1-15-5-4-6-16(2)29(15)22(31)14-28-11-9-19(10-12-28)30-17(3)27-20-13-18(23(24,25)26)7-8-21(20)30/h7-8,13,15-16,19H,4-6,9-12,14H2,1-3H3/t15-,16-/m1/s1. The highest BCUT2D eigenvalue weighted by Gasteiger charge is 2.33. The van der Waals surface area contributed by atoms with Crippen molar-refractivity contribution in [3.8, 4) is 0 Å². The lowest BCUT2D eigenvalue weighted by molar-refractivity contribution is -0.139. The molecule has 2 aromatic rings. The number of aromatic nitrogens is 2. The molecule has 0 N–H and O–H groups in total. The number of rotatable bonds is 3. The van der Waals surface area contributed by atoms with E-state index < -0.39 is 11.7 Å². The van der Waals surface area contributed by atoms with Crippen molar-refractivity contribution in [1.82, 2.24) is 19.4 Å². The van der Waals surface area contributed by atoms with Crippen molar-refractivity contribution < 1.29 is 18.0 Å². The Morgan fingerprint density at radius 1 is 1.10 bits per heavy atom. The Labute approximate surface area is 181 Å². The van der Waals surface area contributed by atoms with Crippen LogP contribution in [-0.4, -0.2) is 57.0 Å². The minimum absolute atomic E-state index is 0.181. The number of aryl methyl sites for hydroxylation is 1. The summed E-state index contributed by atoms with van der Waals surface area (Å²) in [5.74, 6) is 0.946. The highest BCUT2D eigenvalue weighted by molar-refractivity contribution is 5.79. The van der Waals surface area contributed by atoms with Gasteiger partial charge in [0.2, 0.25) is 5.91 Å². The van der Waals surface area contributed by atoms with E-state index in [0.717, 1.165) is 62.2 Å². The monoisotopic (exact) mass is 436 g/mol. The molecule has 1 amide bonds. The molecule has 5 nitrogen and oxygen atoms in total. The highest BCUT2D eigenvalue weighted by Crippen LogP contribution is 2.34. The minimum Gasteiger partial charge on any atom is -0.336 e. The van der Waals surface area contributed by atoms with E-state index in [9.17, 15) is 18.0 Å². The van der Waals surface area contributed by atoms with Gasteiger partial charge in [-0.1, -0.05) is 0 Å². The third kappa shape index (κ3) is 4.45. The number of fused-ring (bicyclic) bond motifs is 1. The fourth-order valence-corrected chi connectivity index (χ4v) is 5.38. The number of hydrogen-bond donors (Lipinski definition) is 0. The maximum Gasteiger partial charge on any atom is 0.416 e. The van der Waals surface area contributed by atoms with E-state index in [2.05, 4.69) is 33.2 Å². The van der Waals surface area contributed by atoms with Gasteiger partial charge in [-0.25, -0.2) is 4.98 Å². The van der Waals surface area contributed by atoms with Crippen molar-refractivity contribution in [1.29, 1.82) is 0 Å². The molecule has 2 aliphatic heterocycles. The Morgan fingerprint density at radius 3 is 2.35 bits per heavy atom. The number of benzene rings is 1. The first-order valence-corrected chi connectivity index (χ1v) is 11.2. The molecule has 2 fully saturated rings. The molecule has 3 heterocycles. The van der Waals surface area contributed by atoms with Crippen molar-refractivity contribution in [2.24, 2.45) is 0 Å². The van der Waals surface area contributed by atoms with Gasteiger partial charge in [0.05, 0.1) is 23.1 Å². The Bertz CT molecular complexity index is 936. The second-order valence-electron chi connectivity index (χ2n) is 9.17. The summed E-state index contributed by atoms with van der Waals surface area (Å²) in [6.07, 6.45) is 0.660. The Morgan fingerprint density at radius 2 is 1.74 bits per heavy atom. The molecule has 0 aliphatic carbocycles. The Hall–Kier alpha value is -2.09. The normalized spacial score (nSPS) is 24.1. The Balaban J connectivity index is 1.42. The molecule has 8 heteroatoms. The molecular weight excluding hydrogens is 405 g/mol. The number of carbonyl (C=O) groups excluding carboxylic acids is 1. The molecule has 1 aromatic carbocycles. The fourth-order valence-electron chi connectivity index (χ4n) is 5.38. The first kappa shape index (κ1) is 22.1. The number of amides is 1. The van der Waals surface area contributed by atoms with Crippen molar-refractivity contribution in [2.45, 2.75) is 77.2 Å². The zero-order valence-electron chi connectivity index (χ0n) is 18.5. The average molecular weight is 437 g/mol. The maximum absolute atomic E-state index is 13.0. The number of nitrogens with zero attached hydrogens (tertiary/aromatic N) is 4. The van der Waals surface area contributed by atoms with Crippen LogP contribution in [0.25, 0.3) is 11.0 Å². The topological polar surface area (TPSA) is 41.4 Å². The maximum atomic E-state index is 13.0. The number of imidazole rings is 1. The van der Waals surface area contributed by atoms with Crippen LogP contribution in [0.1, 0.15) is 63.4 Å². The smallest absolute Gasteiger partial charge is 0.336 e. The molecule has 0 bridgehead atoms. The average Bonchev–Trinajstić information content (AvgIpc) is 3.03. The SMILES string of the molecule is Cc1nc2cc(C(F)(F)F)ccc2n1C1CCN(CC(=O)N2[C@H](C)CCC[C@H]2C)CC1. The molecule has 2 aliphatic rings. The van der Waals surface area contributed by atoms with Gasteiger partial charge in [0.1, 0.15) is 5.82 Å². The molecule has 0 unspecified atom stereocenters. The summed E-state index contributed by atoms with van der Waals surface area (Å²) in [4.78, 5) is 21.6. The van der Waals surface area contributed by atoms with E-state index in [1.54, 1.807) is 0 Å². The highest BCUT2D eigenvalue weighted by atomic mass is 19.4. The van der Waals surface area contributed by atoms with E-state index in [4.69, 9.17) is 0 Å². The fraction of sp³-hybridized carbons (Fsp3) is 0.652. The number of halogens is 3. The van der Waals surface area contributed by atoms with Crippen LogP contribution >= 0.6 is 0 Å². The van der Waals surface area contributed by atoms with E-state index in [0.29, 0.717) is 24.1 Å². The molecule has 2 saturated heterocycles. The van der Waals surface area contributed by atoms with E-state index in [1.165, 1.54) is 12.5 Å². The summed E-state index contributed by atoms with van der Waals surface area (Å²) >= 11 is 0. The van der Waals surface area contributed by atoms with E-state index in [-0.39, 0.29) is 11.9 Å². The second-order valence-corrected chi connectivity index (χ2v) is 9.17. The summed E-state index contributed by atoms with van der Waals surface area (Å²) in [5, 5.41) is 0. The van der Waals surface area contributed by atoms with Gasteiger partial charge in [-0.2, -0.15) is 13.2 Å². The third-order valence-corrected chi connectivity index (χ3v) is 6.96. The zero-order valence-corrected chi connectivity index (χ0v) is 18.5. The van der Waals surface area contributed by atoms with Gasteiger partial charge in [-0.15, -0.1) is 0 Å². The minimum atomic E-state index is -4.37. The second kappa shape index (κ2) is 8.45. The number of alkyl halides is 3. The quantitative estimate of drug-likeness (QED) is 0.695. The van der Waals surface area contributed by atoms with Crippen LogP contribution in [0.5, 0.6) is 0 Å². The molecule has 1 aromatic heterocycles. The largest absolute Gasteiger partial charge is 0.416 e. The van der Waals surface area contributed by atoms with Crippen LogP contribution in [0.15, 0.2) is 18.2 Å². The summed E-state index contributed by atoms with van der Waals surface area (Å²) < 4.78 is 41.2. The van der Waals surface area contributed by atoms with E-state index in [1.807, 2.05) is 6.92 Å². The predicted octanol–water partition coefficient (Wildman–Crippen LogP) is 4.79. The van der Waals surface area contributed by atoms with Gasteiger partial charge in [-0.05, 0) is 71.1 Å². The Kier molecular flexibility index (Phi) is 6.03. The first-order chi connectivity index (χ1) is 14.6. The van der Waals surface area contributed by atoms with Gasteiger partial charge < -0.3 is 9.47 Å². The van der Waals surface area contributed by atoms with Crippen molar-refractivity contribution in [3.05, 3.63) is 29.6 Å². The number of likely N-dealkylation sites (tertiary alicyclic amines) is 2. The lowest BCUT2D eigenvalue weighted by Crippen LogP contribution is -2.51. The van der Waals surface area contributed by atoms with Crippen LogP contribution in [0.2, 0.25) is 0 Å². The van der Waals surface area contributed by atoms with Crippen LogP contribution in [0, 0.1) is 6.92 Å². The molecule has 170 valence electrons. The first-order valence-electron chi connectivity index (χ1n) is 11.2. The van der Waals surface area contributed by atoms with Gasteiger partial charge in [0.25, 0.3) is 0 Å². The molecule has 4 rings (SSSR count). The summed E-state index contributed by atoms with van der Waals surface area (Å²) in [6.45, 7) is 8.16. The predicted molar refractivity (Wildman–Crippen MR) is 114 cm³/mol. The van der Waals surface area contributed by atoms with Crippen LogP contribution < -0.4 is 0 Å². The van der Waals surface area contributed by atoms with Crippen LogP contribution in [0.3, 0.4) is 0 Å². The van der Waals surface area contributed by atoms with Gasteiger partial charge in [-0.3, -0.25) is 9.69 Å².